The van der Waals surface area contributed by atoms with Crippen molar-refractivity contribution in [2.45, 2.75) is 62.6 Å². The highest BCUT2D eigenvalue weighted by molar-refractivity contribution is 5.94. The quantitative estimate of drug-likeness (QED) is 0.234. The fraction of sp³-hybridized carbons (Fsp3) is 0.405. The number of likely N-dealkylation sites (tertiary alicyclic amines) is 1. The van der Waals surface area contributed by atoms with Crippen LogP contribution in [0, 0.1) is 17.8 Å². The Kier molecular flexibility index (Phi) is 7.34. The SMILES string of the molecule is COc1cc(OC(C)=O)c2c3c1O[C@H]1[C@H](N(C)C(=O)C#Cc4ccccc4)CC[C@H]4[C@@H](C2)N(CCc2ccccc2)CC[C@@]341. The summed E-state index contributed by atoms with van der Waals surface area (Å²) >= 11 is 0. The Balaban J connectivity index is 1.27. The van der Waals surface area contributed by atoms with Crippen molar-refractivity contribution in [1.82, 2.24) is 9.80 Å². The van der Waals surface area contributed by atoms with Crippen LogP contribution < -0.4 is 14.2 Å². The van der Waals surface area contributed by atoms with Crippen LogP contribution >= 0.6 is 0 Å². The standard InChI is InChI=1S/C37H38N2O5/c1-24(40)43-31-23-32(42-3)35-34-27(31)22-30-28-15-16-29(38(2)33(41)17-14-25-10-6-4-7-11-25)36(44-35)37(28,34)19-21-39(30)20-18-26-12-8-5-9-13-26/h4-13,23,28-30,36H,15-16,18-22H2,1-3H3/t28-,29+,30+,36-,37-/m0/s1. The number of carbonyl (C=O) groups excluding carboxylic acids is 2. The van der Waals surface area contributed by atoms with E-state index in [1.165, 1.54) is 12.5 Å². The van der Waals surface area contributed by atoms with Crippen LogP contribution in [0.5, 0.6) is 17.2 Å². The Morgan fingerprint density at radius 1 is 1.07 bits per heavy atom. The number of piperidine rings is 1. The largest absolute Gasteiger partial charge is 0.493 e. The van der Waals surface area contributed by atoms with Gasteiger partial charge in [-0.15, -0.1) is 0 Å². The maximum atomic E-state index is 13.5. The molecular formula is C37H38N2O5. The maximum absolute atomic E-state index is 13.5. The van der Waals surface area contributed by atoms with Gasteiger partial charge in [0.05, 0.1) is 13.2 Å². The van der Waals surface area contributed by atoms with Crippen molar-refractivity contribution in [3.8, 4) is 29.1 Å². The first-order valence-corrected chi connectivity index (χ1v) is 15.6. The third kappa shape index (κ3) is 4.64. The molecule has 226 valence electrons. The minimum atomic E-state index is -0.353. The first kappa shape index (κ1) is 28.5. The van der Waals surface area contributed by atoms with Crippen LogP contribution in [0.1, 0.15) is 48.4 Å². The summed E-state index contributed by atoms with van der Waals surface area (Å²) in [5, 5.41) is 0. The molecule has 44 heavy (non-hydrogen) atoms. The number of nitrogens with zero attached hydrogens (tertiary/aromatic N) is 2. The van der Waals surface area contributed by atoms with Crippen molar-refractivity contribution in [3.63, 3.8) is 0 Å². The molecule has 7 nitrogen and oxygen atoms in total. The molecule has 3 aromatic carbocycles. The number of amides is 1. The van der Waals surface area contributed by atoms with Crippen molar-refractivity contribution in [1.29, 1.82) is 0 Å². The highest BCUT2D eigenvalue weighted by Crippen LogP contribution is 2.65. The molecule has 2 aliphatic heterocycles. The summed E-state index contributed by atoms with van der Waals surface area (Å²) < 4.78 is 18.6. The van der Waals surface area contributed by atoms with Crippen molar-refractivity contribution in [3.05, 3.63) is 89.0 Å². The van der Waals surface area contributed by atoms with E-state index in [4.69, 9.17) is 14.2 Å². The van der Waals surface area contributed by atoms with E-state index in [2.05, 4.69) is 47.1 Å². The van der Waals surface area contributed by atoms with Crippen LogP contribution in [-0.4, -0.2) is 67.1 Å². The predicted molar refractivity (Wildman–Crippen MR) is 167 cm³/mol. The van der Waals surface area contributed by atoms with Gasteiger partial charge in [0.15, 0.2) is 11.5 Å². The first-order chi connectivity index (χ1) is 21.4. The Morgan fingerprint density at radius 3 is 2.55 bits per heavy atom. The molecule has 1 saturated carbocycles. The van der Waals surface area contributed by atoms with Crippen molar-refractivity contribution >= 4 is 11.9 Å². The number of ether oxygens (including phenoxy) is 3. The normalized spacial score (nSPS) is 26.0. The van der Waals surface area contributed by atoms with Crippen LogP contribution in [-0.2, 0) is 27.8 Å². The molecule has 0 aromatic heterocycles. The number of likely N-dealkylation sites (N-methyl/N-ethyl adjacent to an activating group) is 1. The van der Waals surface area contributed by atoms with E-state index < -0.39 is 0 Å². The molecule has 0 N–H and O–H groups in total. The van der Waals surface area contributed by atoms with Crippen molar-refractivity contribution in [2.75, 3.05) is 27.2 Å². The van der Waals surface area contributed by atoms with E-state index in [9.17, 15) is 9.59 Å². The topological polar surface area (TPSA) is 68.3 Å². The third-order valence-corrected chi connectivity index (χ3v) is 10.4. The van der Waals surface area contributed by atoms with Crippen LogP contribution in [0.4, 0.5) is 0 Å². The Hall–Kier alpha value is -4.28. The summed E-state index contributed by atoms with van der Waals surface area (Å²) in [6.45, 7) is 3.34. The maximum Gasteiger partial charge on any atom is 0.308 e. The lowest BCUT2D eigenvalue weighted by molar-refractivity contribution is -0.135. The zero-order valence-corrected chi connectivity index (χ0v) is 25.5. The average molecular weight is 591 g/mol. The van der Waals surface area contributed by atoms with Crippen LogP contribution in [0.3, 0.4) is 0 Å². The summed E-state index contributed by atoms with van der Waals surface area (Å²) in [5.74, 6) is 7.56. The monoisotopic (exact) mass is 590 g/mol. The lowest BCUT2D eigenvalue weighted by Crippen LogP contribution is -2.69. The smallest absolute Gasteiger partial charge is 0.308 e. The zero-order valence-electron chi connectivity index (χ0n) is 25.5. The fourth-order valence-corrected chi connectivity index (χ4v) is 8.51. The summed E-state index contributed by atoms with van der Waals surface area (Å²) in [7, 11) is 3.48. The van der Waals surface area contributed by atoms with Gasteiger partial charge in [-0.1, -0.05) is 54.5 Å². The van der Waals surface area contributed by atoms with E-state index in [0.717, 1.165) is 67.6 Å². The van der Waals surface area contributed by atoms with E-state index >= 15 is 0 Å². The molecule has 2 fully saturated rings. The number of hydrogen-bond donors (Lipinski definition) is 0. The van der Waals surface area contributed by atoms with E-state index in [-0.39, 0.29) is 35.5 Å². The van der Waals surface area contributed by atoms with Gasteiger partial charge in [-0.3, -0.25) is 14.5 Å². The fourth-order valence-electron chi connectivity index (χ4n) is 8.51. The summed E-state index contributed by atoms with van der Waals surface area (Å²) in [6.07, 6.45) is 4.22. The number of rotatable bonds is 6. The van der Waals surface area contributed by atoms with Gasteiger partial charge < -0.3 is 19.1 Å². The molecule has 7 rings (SSSR count). The highest BCUT2D eigenvalue weighted by atomic mass is 16.5. The van der Waals surface area contributed by atoms with Crippen molar-refractivity contribution in [2.24, 2.45) is 5.92 Å². The van der Waals surface area contributed by atoms with Gasteiger partial charge >= 0.3 is 5.97 Å². The van der Waals surface area contributed by atoms with Crippen LogP contribution in [0.25, 0.3) is 0 Å². The minimum Gasteiger partial charge on any atom is -0.493 e. The molecule has 0 unspecified atom stereocenters. The molecule has 7 heteroatoms. The van der Waals surface area contributed by atoms with Gasteiger partial charge in [0.25, 0.3) is 5.91 Å². The second kappa shape index (κ2) is 11.3. The van der Waals surface area contributed by atoms with Gasteiger partial charge in [0, 0.05) is 60.7 Å². The Morgan fingerprint density at radius 2 is 1.82 bits per heavy atom. The highest BCUT2D eigenvalue weighted by Gasteiger charge is 2.67. The van der Waals surface area contributed by atoms with Gasteiger partial charge in [-0.05, 0) is 62.3 Å². The third-order valence-electron chi connectivity index (χ3n) is 10.4. The van der Waals surface area contributed by atoms with E-state index in [1.54, 1.807) is 12.0 Å². The lowest BCUT2D eigenvalue weighted by atomic mass is 9.50. The minimum absolute atomic E-state index is 0.152. The molecule has 2 aliphatic carbocycles. The van der Waals surface area contributed by atoms with Gasteiger partial charge in [0.2, 0.25) is 0 Å². The average Bonchev–Trinajstić information content (AvgIpc) is 3.38. The molecule has 4 aliphatic rings. The predicted octanol–water partition coefficient (Wildman–Crippen LogP) is 4.78. The molecule has 0 radical (unpaired) electrons. The molecule has 2 heterocycles. The molecule has 2 bridgehead atoms. The van der Waals surface area contributed by atoms with Crippen LogP contribution in [0.15, 0.2) is 66.7 Å². The van der Waals surface area contributed by atoms with Gasteiger partial charge in [-0.25, -0.2) is 0 Å². The number of carbonyl (C=O) groups is 2. The summed E-state index contributed by atoms with van der Waals surface area (Å²) in [6, 6.07) is 22.2. The van der Waals surface area contributed by atoms with E-state index in [0.29, 0.717) is 17.4 Å². The molecule has 5 atom stereocenters. The van der Waals surface area contributed by atoms with Crippen molar-refractivity contribution < 1.29 is 23.8 Å². The Labute approximate surface area is 259 Å². The summed E-state index contributed by atoms with van der Waals surface area (Å²) in [4.78, 5) is 30.2. The molecular weight excluding hydrogens is 552 g/mol. The number of methoxy groups -OCH3 is 1. The molecule has 1 saturated heterocycles. The number of esters is 1. The second-order valence-electron chi connectivity index (χ2n) is 12.5. The lowest BCUT2D eigenvalue weighted by Gasteiger charge is -2.60. The number of benzene rings is 3. The molecule has 3 aromatic rings. The number of hydrogen-bond acceptors (Lipinski definition) is 6. The zero-order chi connectivity index (χ0) is 30.4. The molecule has 1 amide bonds. The van der Waals surface area contributed by atoms with Gasteiger partial charge in [0.1, 0.15) is 11.9 Å². The van der Waals surface area contributed by atoms with Gasteiger partial charge in [-0.2, -0.15) is 0 Å². The summed E-state index contributed by atoms with van der Waals surface area (Å²) in [5.41, 5.74) is 4.00. The Bertz CT molecular complexity index is 1650. The first-order valence-electron chi connectivity index (χ1n) is 15.6. The molecule has 1 spiro atoms. The van der Waals surface area contributed by atoms with E-state index in [1.807, 2.05) is 43.4 Å². The second-order valence-corrected chi connectivity index (χ2v) is 12.5. The van der Waals surface area contributed by atoms with Crippen LogP contribution in [0.2, 0.25) is 0 Å².